The van der Waals surface area contributed by atoms with Crippen LogP contribution in [0.15, 0.2) is 100 Å². The summed E-state index contributed by atoms with van der Waals surface area (Å²) < 4.78 is 124. The Balaban J connectivity index is 0.854. The van der Waals surface area contributed by atoms with Crippen LogP contribution >= 0.6 is 0 Å². The first-order chi connectivity index (χ1) is 37.9. The normalized spacial score (nSPS) is 20.8. The fraction of sp³-hybridized carbons (Fsp3) is 0.397. The van der Waals surface area contributed by atoms with E-state index in [-0.39, 0.29) is 64.0 Å². The summed E-state index contributed by atoms with van der Waals surface area (Å²) >= 11 is 0. The van der Waals surface area contributed by atoms with Crippen molar-refractivity contribution in [1.29, 1.82) is 0 Å². The van der Waals surface area contributed by atoms with Crippen molar-refractivity contribution >= 4 is 22.2 Å². The Morgan fingerprint density at radius 3 is 2.20 bits per heavy atom. The van der Waals surface area contributed by atoms with Crippen molar-refractivity contribution in [2.24, 2.45) is 31.8 Å². The second-order valence-corrected chi connectivity index (χ2v) is 21.8. The molecular weight excluding hydrogens is 1030 g/mol. The molecule has 0 spiro atoms. The number of hydrogen-bond donors (Lipinski definition) is 1. The fourth-order valence-electron chi connectivity index (χ4n) is 12.2. The molecule has 2 unspecified atom stereocenters. The molecule has 1 aliphatic heterocycles. The van der Waals surface area contributed by atoms with Crippen LogP contribution in [-0.2, 0) is 49.7 Å². The van der Waals surface area contributed by atoms with Crippen molar-refractivity contribution in [2.45, 2.75) is 82.2 Å². The lowest BCUT2D eigenvalue weighted by molar-refractivity contribution is -0.137. The van der Waals surface area contributed by atoms with Crippen molar-refractivity contribution in [1.82, 2.24) is 54.7 Å². The maximum atomic E-state index is 15.1. The number of aromatic nitrogens is 9. The van der Waals surface area contributed by atoms with E-state index in [1.807, 2.05) is 35.9 Å². The van der Waals surface area contributed by atoms with Crippen LogP contribution in [-0.4, -0.2) is 82.7 Å². The highest BCUT2D eigenvalue weighted by molar-refractivity contribution is 5.85. The number of methoxy groups -OCH3 is 1. The number of benzene rings is 4. The van der Waals surface area contributed by atoms with E-state index in [2.05, 4.69) is 42.5 Å². The van der Waals surface area contributed by atoms with Gasteiger partial charge in [-0.1, -0.05) is 25.1 Å². The van der Waals surface area contributed by atoms with Gasteiger partial charge in [-0.25, -0.2) is 19.3 Å². The van der Waals surface area contributed by atoms with E-state index < -0.39 is 34.7 Å². The molecule has 1 N–H and O–H groups in total. The zero-order chi connectivity index (χ0) is 55.0. The van der Waals surface area contributed by atoms with E-state index in [0.717, 1.165) is 62.3 Å². The lowest BCUT2D eigenvalue weighted by Gasteiger charge is -2.47. The Kier molecular flexibility index (Phi) is 13.5. The number of fused-ring (bicyclic) bond motifs is 2. The van der Waals surface area contributed by atoms with Gasteiger partial charge in [-0.2, -0.15) is 26.3 Å². The van der Waals surface area contributed by atoms with Gasteiger partial charge in [0, 0.05) is 70.1 Å². The highest BCUT2D eigenvalue weighted by Crippen LogP contribution is 2.59. The van der Waals surface area contributed by atoms with Crippen LogP contribution in [0.25, 0.3) is 67.8 Å². The standard InChI is InChI=1S/C58H56F7N11O3/c1-32-7-6-13-76(28-32)29-34-17-45(58(63,64)65)51-48(19-34)71-54(79-51)49-23-38(41-11-10-40(59)24-43(41)52-72-67-30-74(52)2)22-46(69-49)42-21-37(42)15-35-25-56(26-35,55-73-68-31-75(55)3)39-9-5-8-36(20-39)53-70-47-18-33(27-66-12-14-77-4)16-44(50(47)78-53)57(60,61)62/h5,8-11,16-20,22-24,30-32,35,37,42,66H,6-7,12-15,21,25-29H2,1-4H3/t32-,35?,37?,42?,56?/m0/s1. The smallest absolute Gasteiger partial charge is 0.420 e. The highest BCUT2D eigenvalue weighted by Gasteiger charge is 2.53. The van der Waals surface area contributed by atoms with Crippen LogP contribution in [0, 0.1) is 23.6 Å². The first-order valence-electron chi connectivity index (χ1n) is 26.5. The maximum Gasteiger partial charge on any atom is 0.420 e. The van der Waals surface area contributed by atoms with Gasteiger partial charge in [-0.05, 0) is 151 Å². The lowest BCUT2D eigenvalue weighted by Crippen LogP contribution is -2.44. The first kappa shape index (κ1) is 52.3. The summed E-state index contributed by atoms with van der Waals surface area (Å²) in [6, 6.07) is 21.1. The molecule has 0 radical (unpaired) electrons. The molecule has 410 valence electrons. The first-order valence-corrected chi connectivity index (χ1v) is 26.5. The largest absolute Gasteiger partial charge is 0.435 e. The second-order valence-electron chi connectivity index (χ2n) is 21.8. The Hall–Kier alpha value is -7.36. The third-order valence-electron chi connectivity index (χ3n) is 16.0. The highest BCUT2D eigenvalue weighted by atomic mass is 19.4. The third kappa shape index (κ3) is 10.3. The van der Waals surface area contributed by atoms with Gasteiger partial charge in [0.25, 0.3) is 0 Å². The van der Waals surface area contributed by atoms with Crippen molar-refractivity contribution in [3.05, 3.63) is 137 Å². The van der Waals surface area contributed by atoms with Crippen LogP contribution in [0.2, 0.25) is 0 Å². The molecule has 3 aliphatic rings. The Bertz CT molecular complexity index is 3730. The van der Waals surface area contributed by atoms with E-state index in [1.165, 1.54) is 18.5 Å². The number of piperidine rings is 1. The summed E-state index contributed by atoms with van der Waals surface area (Å²) in [6.45, 7) is 5.13. The molecule has 3 atom stereocenters. The molecule has 6 heterocycles. The quantitative estimate of drug-likeness (QED) is 0.0724. The van der Waals surface area contributed by atoms with Crippen molar-refractivity contribution in [2.75, 3.05) is 33.4 Å². The summed E-state index contributed by atoms with van der Waals surface area (Å²) in [6.07, 6.45) is -1.21. The summed E-state index contributed by atoms with van der Waals surface area (Å²) in [5, 5.41) is 20.3. The number of nitrogens with zero attached hydrogens (tertiary/aromatic N) is 10. The number of halogens is 7. The molecule has 0 bridgehead atoms. The Labute approximate surface area is 449 Å². The van der Waals surface area contributed by atoms with Crippen molar-refractivity contribution < 1.29 is 44.3 Å². The van der Waals surface area contributed by atoms with Gasteiger partial charge in [0.2, 0.25) is 11.8 Å². The van der Waals surface area contributed by atoms with E-state index in [4.69, 9.17) is 23.5 Å². The number of oxazole rings is 2. The average Bonchev–Trinajstić information content (AvgIpc) is 3.86. The van der Waals surface area contributed by atoms with Crippen LogP contribution in [0.4, 0.5) is 30.7 Å². The Morgan fingerprint density at radius 2 is 1.49 bits per heavy atom. The lowest BCUT2D eigenvalue weighted by atomic mass is 9.56. The van der Waals surface area contributed by atoms with Gasteiger partial charge in [0.15, 0.2) is 17.0 Å². The summed E-state index contributed by atoms with van der Waals surface area (Å²) in [4.78, 5) is 16.6. The third-order valence-corrected chi connectivity index (χ3v) is 16.0. The number of aryl methyl sites for hydroxylation is 2. The molecule has 2 saturated carbocycles. The summed E-state index contributed by atoms with van der Waals surface area (Å²) in [5.41, 5.74) is 1.96. The summed E-state index contributed by atoms with van der Waals surface area (Å²) in [7, 11) is 5.19. The van der Waals surface area contributed by atoms with Crippen LogP contribution in [0.3, 0.4) is 0 Å². The summed E-state index contributed by atoms with van der Waals surface area (Å²) in [5.74, 6) is 1.45. The van der Waals surface area contributed by atoms with Crippen molar-refractivity contribution in [3.8, 4) is 45.6 Å². The van der Waals surface area contributed by atoms with Gasteiger partial charge >= 0.3 is 12.4 Å². The molecule has 1 saturated heterocycles. The average molecular weight is 1090 g/mol. The molecule has 2 aliphatic carbocycles. The topological polar surface area (TPSA) is 151 Å². The minimum Gasteiger partial charge on any atom is -0.435 e. The predicted octanol–water partition coefficient (Wildman–Crippen LogP) is 12.3. The number of alkyl halides is 6. The molecule has 9 aromatic rings. The SMILES string of the molecule is COCCNCc1cc(C(F)(F)F)c2oc(-c3cccc(C4(c5nncn5C)CC(CC5CC5c5cc(-c6ccc(F)cc6-c6nncn6C)cc(-c6nc7cc(CN8CCC[C@H](C)C8)cc(C(F)(F)F)c7o6)n5)C4)c3)nc2c1. The molecule has 3 fully saturated rings. The number of rotatable bonds is 16. The number of ether oxygens (including phenoxy) is 1. The molecule has 12 rings (SSSR count). The molecule has 14 nitrogen and oxygen atoms in total. The molecule has 5 aromatic heterocycles. The van der Waals surface area contributed by atoms with E-state index >= 15 is 4.39 Å². The minimum absolute atomic E-state index is 0.0402. The number of likely N-dealkylation sites (tertiary alicyclic amines) is 1. The van der Waals surface area contributed by atoms with Gasteiger partial charge in [-0.15, -0.1) is 20.4 Å². The zero-order valence-electron chi connectivity index (χ0n) is 43.8. The molecule has 4 aromatic carbocycles. The van der Waals surface area contributed by atoms with Crippen LogP contribution in [0.1, 0.15) is 90.7 Å². The fourth-order valence-corrected chi connectivity index (χ4v) is 12.2. The molecular formula is C58H56F7N11O3. The second kappa shape index (κ2) is 20.4. The van der Waals surface area contributed by atoms with Crippen LogP contribution < -0.4 is 5.32 Å². The van der Waals surface area contributed by atoms with E-state index in [1.54, 1.807) is 55.4 Å². The van der Waals surface area contributed by atoms with E-state index in [9.17, 15) is 26.3 Å². The maximum absolute atomic E-state index is 15.1. The van der Waals surface area contributed by atoms with Crippen molar-refractivity contribution in [3.63, 3.8) is 0 Å². The number of nitrogens with one attached hydrogen (secondary N) is 1. The van der Waals surface area contributed by atoms with Gasteiger partial charge in [0.05, 0.1) is 12.0 Å². The zero-order valence-corrected chi connectivity index (χ0v) is 43.8. The predicted molar refractivity (Wildman–Crippen MR) is 279 cm³/mol. The monoisotopic (exact) mass is 1090 g/mol. The van der Waals surface area contributed by atoms with E-state index in [0.29, 0.717) is 83.4 Å². The van der Waals surface area contributed by atoms with Gasteiger partial charge in [0.1, 0.15) is 52.2 Å². The minimum atomic E-state index is -4.72. The molecule has 0 amide bonds. The van der Waals surface area contributed by atoms with Gasteiger partial charge in [-0.3, -0.25) is 4.90 Å². The number of pyridine rings is 1. The number of hydrogen-bond acceptors (Lipinski definition) is 12. The van der Waals surface area contributed by atoms with Crippen LogP contribution in [0.5, 0.6) is 0 Å². The van der Waals surface area contributed by atoms with Gasteiger partial charge < -0.3 is 28.0 Å². The molecule has 79 heavy (non-hydrogen) atoms. The Morgan fingerprint density at radius 1 is 0.772 bits per heavy atom. The molecule has 21 heteroatoms.